The van der Waals surface area contributed by atoms with E-state index in [1.807, 2.05) is 170 Å². The van der Waals surface area contributed by atoms with Crippen LogP contribution in [-0.2, 0) is 45.2 Å². The minimum atomic E-state index is -0.413. The first-order chi connectivity index (χ1) is 50.6. The third kappa shape index (κ3) is 12.7. The maximum atomic E-state index is 6.61. The van der Waals surface area contributed by atoms with Crippen molar-refractivity contribution in [1.82, 2.24) is 39.9 Å². The standard InChI is InChI=1S/C68H40B24N8O4.Zn/c69-81-61-65(85-73,89(61)77)29-33-1-9-37(10-2-33)101-41-17-21-45-49(25-41)57-93-53(45)98-58-51-27-43(103-39-13-5-35(6-14-39)31-67(87-75)63(83-71)91(67)79)19-23-47(51)55(95-58)100-60-52-28-44(104-40-15-7-36(8-16-40)32-68(88-76)64(84-72)92(68)80)20-24-48(52)56(96-60)99-59-50-26-42(18-22-46(50)54(94-59)97-57)102-38-11-3-34(4-12-38)30-66(86-74)62(82-70)90(66)78;/h1-28,61-64H,29-32H2;/q-2;+2/i81-1,82-1,83-1,84-1,85-1,86-1,87-1,88-1,89-1,90-1,91-1,92-1;. The van der Waals surface area contributed by atoms with Gasteiger partial charge in [-0.05, 0) is 191 Å². The predicted octanol–water partition coefficient (Wildman–Crippen LogP) is 6.56. The number of hydrogen-bond donors (Lipinski definition) is 0. The Morgan fingerprint density at radius 2 is 0.533 bits per heavy atom. The predicted molar refractivity (Wildman–Crippen MR) is 439 cm³/mol. The Morgan fingerprint density at radius 3 is 0.790 bits per heavy atom. The molecule has 6 aliphatic rings. The Morgan fingerprint density at radius 1 is 0.295 bits per heavy atom. The molecule has 37 heteroatoms. The first-order valence-corrected chi connectivity index (χ1v) is 34.4. The fraction of sp³-hybridized carbons (Fsp3) is 0.176. The molecule has 8 bridgehead atoms. The van der Waals surface area contributed by atoms with Crippen LogP contribution in [0.2, 0.25) is 43.7 Å². The van der Waals surface area contributed by atoms with Crippen LogP contribution in [0.25, 0.3) is 89.7 Å². The van der Waals surface area contributed by atoms with Crippen molar-refractivity contribution in [2.75, 3.05) is 0 Å². The van der Waals surface area contributed by atoms with Crippen LogP contribution < -0.4 is 28.9 Å². The van der Waals surface area contributed by atoms with Crippen LogP contribution in [0.3, 0.4) is 0 Å². The summed E-state index contributed by atoms with van der Waals surface area (Å²) in [7, 11) is 87.4. The molecular formula is C68H40B24N8O4Zn. The summed E-state index contributed by atoms with van der Waals surface area (Å²) in [6, 6.07) is 54.0. The SMILES string of the molecule is [B][10B]C1[10B]([B])C1([10B][B])Cc1ccc(Oc2ccc3c(c2)-c2nc-3nc3[n-]c(nc4nc(nc5[n-]c(n2)c2ccc(Oc6ccc(CC7([10B][B])[10B]([B])C7[10B][B])cc6)cc52)-c2ccc(Oc5ccc(CC6([10B][B])[10B]([B])C6[10B][B])cc5)cc2-4)c2ccc(Oc4ccc(CC5([10B][B])[10B]([B])C5[10B][B])cc4)cc32)cc1.[Zn+2]. The number of aromatic nitrogens is 8. The Kier molecular flexibility index (Phi) is 19.3. The minimum absolute atomic E-state index is 0. The number of rotatable bonds is 24. The summed E-state index contributed by atoms with van der Waals surface area (Å²) >= 11 is 0. The molecular weight excluding hydrogens is 1310 g/mol. The molecule has 0 spiro atoms. The van der Waals surface area contributed by atoms with Crippen LogP contribution in [0.1, 0.15) is 22.3 Å². The van der Waals surface area contributed by atoms with E-state index in [9.17, 15) is 0 Å². The summed E-state index contributed by atoms with van der Waals surface area (Å²) in [5.41, 5.74) is 7.88. The van der Waals surface area contributed by atoms with Crippen LogP contribution in [0.15, 0.2) is 170 Å². The zero-order valence-corrected chi connectivity index (χ0v) is 60.0. The third-order valence-corrected chi connectivity index (χ3v) is 22.4. The monoisotopic (exact) mass is 1350 g/mol. The van der Waals surface area contributed by atoms with Crippen molar-refractivity contribution in [1.29, 1.82) is 0 Å². The third-order valence-electron chi connectivity index (χ3n) is 22.4. The van der Waals surface area contributed by atoms with Gasteiger partial charge in [0.05, 0.1) is 78.4 Å². The molecule has 0 amide bonds. The summed E-state index contributed by atoms with van der Waals surface area (Å²) in [5.74, 6) is 5.71. The molecule has 8 atom stereocenters. The Labute approximate surface area is 647 Å². The van der Waals surface area contributed by atoms with Gasteiger partial charge < -0.3 is 48.9 Å². The summed E-state index contributed by atoms with van der Waals surface area (Å²) in [6.07, 6.45) is 2.50. The molecule has 450 valence electrons. The Hall–Kier alpha value is -7.50. The number of hydrogen-bond acceptors (Lipinski definition) is 10. The molecule has 8 aromatic carbocycles. The van der Waals surface area contributed by atoms with Crippen LogP contribution in [0.5, 0.6) is 46.0 Å². The van der Waals surface area contributed by atoms with Gasteiger partial charge in [0.25, 0.3) is 0 Å². The molecule has 8 unspecified atom stereocenters. The number of ether oxygens (including phenoxy) is 4. The van der Waals surface area contributed by atoms with Crippen molar-refractivity contribution < 1.29 is 38.4 Å². The fourth-order valence-corrected chi connectivity index (χ4v) is 15.8. The molecule has 32 radical (unpaired) electrons. The van der Waals surface area contributed by atoms with Gasteiger partial charge in [-0.25, -0.2) is 9.97 Å². The van der Waals surface area contributed by atoms with Crippen molar-refractivity contribution in [2.45, 2.75) is 69.4 Å². The van der Waals surface area contributed by atoms with Gasteiger partial charge >= 0.3 is 19.5 Å². The summed E-state index contributed by atoms with van der Waals surface area (Å²) in [4.78, 5) is 42.2. The second-order valence-corrected chi connectivity index (χ2v) is 28.1. The van der Waals surface area contributed by atoms with E-state index in [0.717, 1.165) is 22.3 Å². The van der Waals surface area contributed by atoms with Gasteiger partial charge in [-0.1, -0.05) is 48.5 Å². The Balaban J connectivity index is 0.00000847. The zero-order valence-electron chi connectivity index (χ0n) is 57.1. The maximum absolute atomic E-state index is 6.61. The maximum Gasteiger partial charge on any atom is 2.00 e. The Bertz CT molecular complexity index is 5050. The fourth-order valence-electron chi connectivity index (χ4n) is 15.8. The van der Waals surface area contributed by atoms with Crippen molar-refractivity contribution in [3.05, 3.63) is 192 Å². The molecule has 0 saturated carbocycles. The van der Waals surface area contributed by atoms with Crippen LogP contribution >= 0.6 is 0 Å². The molecule has 3 aromatic heterocycles. The molecule has 17 rings (SSSR count). The van der Waals surface area contributed by atoms with Crippen molar-refractivity contribution in [3.8, 4) is 91.5 Å². The molecule has 11 aromatic rings. The minimum Gasteiger partial charge on any atom is -0.457 e. The van der Waals surface area contributed by atoms with E-state index in [-0.39, 0.29) is 68.8 Å². The largest absolute Gasteiger partial charge is 2.00 e. The van der Waals surface area contributed by atoms with Crippen LogP contribution in [-0.4, -0.2) is 207 Å². The van der Waals surface area contributed by atoms with Crippen molar-refractivity contribution in [2.24, 2.45) is 0 Å². The van der Waals surface area contributed by atoms with Crippen LogP contribution in [0, 0.1) is 0 Å². The number of nitrogens with zero attached hydrogens (tertiary/aromatic N) is 8. The molecule has 0 aliphatic carbocycles. The van der Waals surface area contributed by atoms with E-state index >= 15 is 0 Å². The van der Waals surface area contributed by atoms with E-state index in [1.54, 1.807) is 57.4 Å². The van der Waals surface area contributed by atoms with E-state index in [1.165, 1.54) is 0 Å². The van der Waals surface area contributed by atoms with Gasteiger partial charge in [0, 0.05) is 166 Å². The van der Waals surface area contributed by atoms with Gasteiger partial charge in [0.15, 0.2) is 0 Å². The van der Waals surface area contributed by atoms with Crippen LogP contribution in [0.4, 0.5) is 0 Å². The first kappa shape index (κ1) is 71.7. The van der Waals surface area contributed by atoms with Gasteiger partial charge in [0.1, 0.15) is 46.0 Å². The second kappa shape index (κ2) is 28.3. The van der Waals surface area contributed by atoms with E-state index in [4.69, 9.17) is 152 Å². The summed E-state index contributed by atoms with van der Waals surface area (Å²) in [5, 5.41) is 0.893. The molecule has 0 N–H and O–H groups in total. The van der Waals surface area contributed by atoms with Gasteiger partial charge in [-0.15, -0.1) is 43.7 Å². The van der Waals surface area contributed by atoms with Gasteiger partial charge in [-0.2, -0.15) is 0 Å². The second-order valence-electron chi connectivity index (χ2n) is 28.1. The normalized spacial score (nSPS) is 21.9. The number of fused-ring (bicyclic) bond motifs is 20. The smallest absolute Gasteiger partial charge is 0.457 e. The number of benzene rings is 8. The molecule has 4 fully saturated rings. The van der Waals surface area contributed by atoms with Gasteiger partial charge in [0.2, 0.25) is 0 Å². The van der Waals surface area contributed by atoms with Gasteiger partial charge in [-0.3, -0.25) is 0 Å². The molecule has 9 heterocycles. The summed E-state index contributed by atoms with van der Waals surface area (Å²) in [6.45, 7) is -0.643. The molecule has 12 nitrogen and oxygen atoms in total. The molecule has 4 saturated heterocycles. The topological polar surface area (TPSA) is 142 Å². The van der Waals surface area contributed by atoms with Crippen molar-refractivity contribution >= 4 is 221 Å². The molecule has 6 aliphatic heterocycles. The average Bonchev–Trinajstić information content (AvgIpc) is 1.58. The molecule has 105 heavy (non-hydrogen) atoms. The van der Waals surface area contributed by atoms with Crippen molar-refractivity contribution in [3.63, 3.8) is 0 Å². The quantitative estimate of drug-likeness (QED) is 0.0605. The van der Waals surface area contributed by atoms with E-state index in [0.29, 0.717) is 161 Å². The van der Waals surface area contributed by atoms with E-state index < -0.39 is 20.9 Å². The van der Waals surface area contributed by atoms with E-state index in [2.05, 4.69) is 0 Å². The summed E-state index contributed by atoms with van der Waals surface area (Å²) < 4.78 is 26.4. The first-order valence-electron chi connectivity index (χ1n) is 34.4. The zero-order chi connectivity index (χ0) is 71.6. The average molecular weight is 1350 g/mol.